The maximum Gasteiger partial charge on any atom is 0.243 e. The van der Waals surface area contributed by atoms with Crippen LogP contribution in [0.1, 0.15) is 23.9 Å². The van der Waals surface area contributed by atoms with Gasteiger partial charge in [-0.3, -0.25) is 0 Å². The molecular formula is C14H16N2O3S2. The number of nitrogens with zero attached hydrogens (tertiary/aromatic N) is 2. The summed E-state index contributed by atoms with van der Waals surface area (Å²) in [5.41, 5.74) is 0. The number of hydrogen-bond donors (Lipinski definition) is 1. The third-order valence-electron chi connectivity index (χ3n) is 3.61. The molecule has 0 bridgehead atoms. The lowest BCUT2D eigenvalue weighted by Gasteiger charge is -2.35. The second kappa shape index (κ2) is 5.84. The van der Waals surface area contributed by atoms with Gasteiger partial charge in [-0.25, -0.2) is 13.4 Å². The van der Waals surface area contributed by atoms with Crippen molar-refractivity contribution in [1.82, 2.24) is 9.29 Å². The lowest BCUT2D eigenvalue weighted by Crippen LogP contribution is -2.42. The first-order valence-electron chi connectivity index (χ1n) is 6.73. The predicted molar refractivity (Wildman–Crippen MR) is 80.4 cm³/mol. The maximum absolute atomic E-state index is 12.8. The first-order chi connectivity index (χ1) is 10.1. The fourth-order valence-corrected chi connectivity index (χ4v) is 5.03. The Morgan fingerprint density at radius 2 is 2.05 bits per heavy atom. The topological polar surface area (TPSA) is 70.5 Å². The van der Waals surface area contributed by atoms with E-state index in [0.717, 1.165) is 5.01 Å². The highest BCUT2D eigenvalue weighted by atomic mass is 32.2. The van der Waals surface area contributed by atoms with Crippen LogP contribution in [0.4, 0.5) is 0 Å². The van der Waals surface area contributed by atoms with E-state index in [-0.39, 0.29) is 10.9 Å². The van der Waals surface area contributed by atoms with Crippen LogP contribution in [-0.2, 0) is 10.0 Å². The first-order valence-corrected chi connectivity index (χ1v) is 9.05. The molecule has 2 aromatic rings. The normalized spacial score (nSPS) is 24.0. The summed E-state index contributed by atoms with van der Waals surface area (Å²) in [6.45, 7) is 0.308. The molecule has 1 saturated heterocycles. The van der Waals surface area contributed by atoms with Gasteiger partial charge in [-0.15, -0.1) is 11.3 Å². The fourth-order valence-electron chi connectivity index (χ4n) is 2.56. The third kappa shape index (κ3) is 2.87. The Bertz CT molecular complexity index is 686. The van der Waals surface area contributed by atoms with E-state index in [1.165, 1.54) is 15.6 Å². The smallest absolute Gasteiger partial charge is 0.243 e. The highest BCUT2D eigenvalue weighted by molar-refractivity contribution is 7.89. The number of piperidine rings is 1. The molecule has 0 radical (unpaired) electrons. The minimum atomic E-state index is -3.57. The Morgan fingerprint density at radius 3 is 2.71 bits per heavy atom. The lowest BCUT2D eigenvalue weighted by molar-refractivity contribution is 0.0807. The molecule has 1 N–H and O–H groups in total. The number of aliphatic hydroxyl groups is 1. The molecule has 21 heavy (non-hydrogen) atoms. The molecule has 3 rings (SSSR count). The molecule has 0 spiro atoms. The van der Waals surface area contributed by atoms with E-state index in [4.69, 9.17) is 0 Å². The van der Waals surface area contributed by atoms with Crippen LogP contribution in [0.5, 0.6) is 0 Å². The van der Waals surface area contributed by atoms with Crippen molar-refractivity contribution in [3.05, 3.63) is 46.9 Å². The van der Waals surface area contributed by atoms with Gasteiger partial charge < -0.3 is 5.11 Å². The van der Waals surface area contributed by atoms with E-state index >= 15 is 0 Å². The average molecular weight is 324 g/mol. The number of rotatable bonds is 3. The summed E-state index contributed by atoms with van der Waals surface area (Å²) in [5, 5.41) is 12.4. The molecule has 2 atom stereocenters. The van der Waals surface area contributed by atoms with Crippen LogP contribution in [0.2, 0.25) is 0 Å². The van der Waals surface area contributed by atoms with Gasteiger partial charge in [-0.1, -0.05) is 18.2 Å². The van der Waals surface area contributed by atoms with E-state index in [0.29, 0.717) is 19.4 Å². The zero-order valence-electron chi connectivity index (χ0n) is 11.3. The summed E-state index contributed by atoms with van der Waals surface area (Å²) >= 11 is 1.42. The standard InChI is InChI=1S/C14H16N2O3S2/c17-11-6-8-16(13(10-11)14-15-7-9-20-14)21(18,19)12-4-2-1-3-5-12/h1-5,7,9,11,13,17H,6,8,10H2. The number of benzene rings is 1. The van der Waals surface area contributed by atoms with E-state index in [1.807, 2.05) is 5.38 Å². The Labute approximate surface area is 127 Å². The summed E-state index contributed by atoms with van der Waals surface area (Å²) < 4.78 is 27.1. The van der Waals surface area contributed by atoms with Crippen molar-refractivity contribution in [2.24, 2.45) is 0 Å². The largest absolute Gasteiger partial charge is 0.393 e. The van der Waals surface area contributed by atoms with Crippen molar-refractivity contribution >= 4 is 21.4 Å². The maximum atomic E-state index is 12.8. The molecule has 0 saturated carbocycles. The van der Waals surface area contributed by atoms with Gasteiger partial charge in [0.15, 0.2) is 0 Å². The molecule has 0 amide bonds. The van der Waals surface area contributed by atoms with Crippen LogP contribution in [0.3, 0.4) is 0 Å². The van der Waals surface area contributed by atoms with Gasteiger partial charge >= 0.3 is 0 Å². The van der Waals surface area contributed by atoms with Gasteiger partial charge in [-0.05, 0) is 25.0 Å². The number of aliphatic hydroxyl groups excluding tert-OH is 1. The minimum absolute atomic E-state index is 0.281. The minimum Gasteiger partial charge on any atom is -0.393 e. The SMILES string of the molecule is O=S(=O)(c1ccccc1)N1CCC(O)CC1c1nccs1. The average Bonchev–Trinajstić information content (AvgIpc) is 3.02. The van der Waals surface area contributed by atoms with Crippen LogP contribution >= 0.6 is 11.3 Å². The molecule has 112 valence electrons. The van der Waals surface area contributed by atoms with E-state index in [9.17, 15) is 13.5 Å². The first kappa shape index (κ1) is 14.6. The Hall–Kier alpha value is -1.28. The fraction of sp³-hybridized carbons (Fsp3) is 0.357. The summed E-state index contributed by atoms with van der Waals surface area (Å²) in [6, 6.07) is 8.02. The summed E-state index contributed by atoms with van der Waals surface area (Å²) in [4.78, 5) is 4.51. The monoisotopic (exact) mass is 324 g/mol. The van der Waals surface area contributed by atoms with Crippen molar-refractivity contribution in [2.45, 2.75) is 29.9 Å². The van der Waals surface area contributed by atoms with Crippen molar-refractivity contribution in [2.75, 3.05) is 6.54 Å². The van der Waals surface area contributed by atoms with Gasteiger partial charge in [0.25, 0.3) is 0 Å². The number of sulfonamides is 1. The Kier molecular flexibility index (Phi) is 4.08. The van der Waals surface area contributed by atoms with Crippen LogP contribution in [0.15, 0.2) is 46.8 Å². The molecule has 2 heterocycles. The van der Waals surface area contributed by atoms with Crippen LogP contribution in [-0.4, -0.2) is 35.5 Å². The van der Waals surface area contributed by atoms with Crippen molar-refractivity contribution in [3.8, 4) is 0 Å². The van der Waals surface area contributed by atoms with Crippen molar-refractivity contribution in [3.63, 3.8) is 0 Å². The third-order valence-corrected chi connectivity index (χ3v) is 6.41. The van der Waals surface area contributed by atoms with Gasteiger partial charge in [-0.2, -0.15) is 4.31 Å². The quantitative estimate of drug-likeness (QED) is 0.938. The predicted octanol–water partition coefficient (Wildman–Crippen LogP) is 2.03. The molecule has 2 unspecified atom stereocenters. The molecule has 5 nitrogen and oxygen atoms in total. The second-order valence-corrected chi connectivity index (χ2v) is 7.81. The van der Waals surface area contributed by atoms with Crippen molar-refractivity contribution < 1.29 is 13.5 Å². The van der Waals surface area contributed by atoms with Crippen LogP contribution in [0, 0.1) is 0 Å². The van der Waals surface area contributed by atoms with Crippen LogP contribution in [0.25, 0.3) is 0 Å². The molecule has 1 aliphatic heterocycles. The van der Waals surface area contributed by atoms with E-state index in [2.05, 4.69) is 4.98 Å². The molecule has 1 aromatic heterocycles. The molecular weight excluding hydrogens is 308 g/mol. The summed E-state index contributed by atoms with van der Waals surface area (Å²) in [7, 11) is -3.57. The lowest BCUT2D eigenvalue weighted by atomic mass is 10.0. The van der Waals surface area contributed by atoms with E-state index < -0.39 is 16.1 Å². The van der Waals surface area contributed by atoms with E-state index in [1.54, 1.807) is 36.5 Å². The van der Waals surface area contributed by atoms with Gasteiger partial charge in [0.05, 0.1) is 17.0 Å². The summed E-state index contributed by atoms with van der Waals surface area (Å²) in [6.07, 6.45) is 2.02. The molecule has 1 fully saturated rings. The second-order valence-electron chi connectivity index (χ2n) is 4.99. The van der Waals surface area contributed by atoms with Crippen LogP contribution < -0.4 is 0 Å². The molecule has 1 aliphatic rings. The highest BCUT2D eigenvalue weighted by Gasteiger charge is 2.38. The highest BCUT2D eigenvalue weighted by Crippen LogP contribution is 2.36. The summed E-state index contributed by atoms with van der Waals surface area (Å²) in [5.74, 6) is 0. The molecule has 7 heteroatoms. The Morgan fingerprint density at radius 1 is 1.29 bits per heavy atom. The molecule has 0 aliphatic carbocycles. The molecule has 1 aromatic carbocycles. The van der Waals surface area contributed by atoms with Gasteiger partial charge in [0.1, 0.15) is 5.01 Å². The Balaban J connectivity index is 1.99. The number of hydrogen-bond acceptors (Lipinski definition) is 5. The zero-order chi connectivity index (χ0) is 14.9. The van der Waals surface area contributed by atoms with Crippen molar-refractivity contribution in [1.29, 1.82) is 0 Å². The number of thiazole rings is 1. The van der Waals surface area contributed by atoms with Gasteiger partial charge in [0, 0.05) is 18.1 Å². The number of aromatic nitrogens is 1. The zero-order valence-corrected chi connectivity index (χ0v) is 12.9. The van der Waals surface area contributed by atoms with Gasteiger partial charge in [0.2, 0.25) is 10.0 Å².